The standard InChI is InChI=1S/C8H15NO4.2C7H15O6P.C7H15O5PS.C6H12BO6P.C6H14NO6P.2C6H13O6PS.2CO2/c1-5-6-7(11)8(3-10,13-5)4-12-9(6)2;1-4-6(9)7(5(3-8)12-4)13-14(2,10)11;1-4-6(8)7(9)5(13-4)2-3-14(10,11)12;1-4-6(9)7(5(3-8)11-4)12-13(2,10)14;1-3-5(9)6(4(2-8)12-3)13-14(7,10)11;1-3-6(9)5(4(2-8)13-3)7-14(10,11)12;1-3-5(7)6(8)4(12-3)2-11-13(9,10)14;1-3-5(8)6(4(2-7)11-3)12-13(9,10)14;2*2-1-3/h5-7,10-11H,3-4H2,1-2H3;4-9H,3H2,1-2H3,(H,10,11);4-9H,2-3H2,1H3,(H2,10,11,12);4-9H,3H2,1-2H3,(H,10,14);3-6,8-9H,2H2,1H3,(H,10,11);3-6,8-9H,2H2,1H3,(H3,7,10,11,12);2*3-8H,2H2,1H3,(H2,9,10,14);;/t5-,6+,7?,8-;2*4-,5+,6+,7?;4-,5+,6+,7?,13?;3-,4+,5+,6?;3-,4+,5?,6+;2*3-,4+,5+,6?;;/m00000000../s1. The molecule has 9 rings (SSSR count). The van der Waals surface area contributed by atoms with Crippen LogP contribution in [0.15, 0.2) is 0 Å². The van der Waals surface area contributed by atoms with Crippen molar-refractivity contribution in [2.75, 3.05) is 79.4 Å². The van der Waals surface area contributed by atoms with Crippen LogP contribution in [0.5, 0.6) is 0 Å². The van der Waals surface area contributed by atoms with E-state index in [9.17, 15) is 74.2 Å². The Hall–Kier alpha value is -0.0251. The molecule has 0 aromatic heterocycles. The summed E-state index contributed by atoms with van der Waals surface area (Å²) in [5, 5.41) is 152. The number of aliphatic hydroxyl groups excluding tert-OH is 16. The third-order valence-corrected chi connectivity index (χ3v) is 22.7. The summed E-state index contributed by atoms with van der Waals surface area (Å²) in [4.78, 5) is 135. The summed E-state index contributed by atoms with van der Waals surface area (Å²) in [6, 6.07) is -1.13. The number of nitrogens with one attached hydrogen (secondary N) is 1. The molecule has 0 aromatic carbocycles. The van der Waals surface area contributed by atoms with Crippen LogP contribution in [-0.2, 0) is 138 Å². The van der Waals surface area contributed by atoms with Crippen molar-refractivity contribution in [3.8, 4) is 0 Å². The number of ether oxygens (including phenoxy) is 8. The van der Waals surface area contributed by atoms with Crippen molar-refractivity contribution in [1.29, 1.82) is 0 Å². The Labute approximate surface area is 686 Å². The monoisotopic (exact) mass is 1910 g/mol. The van der Waals surface area contributed by atoms with Crippen molar-refractivity contribution < 1.29 is 238 Å². The number of fused-ring (bicyclic) bond motifs is 2. The quantitative estimate of drug-likeness (QED) is 0.0353. The third-order valence-electron chi connectivity index (χ3n) is 17.6. The first-order chi connectivity index (χ1) is 53.3. The van der Waals surface area contributed by atoms with Gasteiger partial charge in [0.1, 0.15) is 122 Å². The molecule has 2 radical (unpaired) electrons. The van der Waals surface area contributed by atoms with Crippen LogP contribution in [-0.4, -0.2) is 435 Å². The number of hydrogen-bond donors (Lipinski definition) is 28. The minimum absolute atomic E-state index is 0.0485. The second kappa shape index (κ2) is 52.4. The number of nitrogens with zero attached hydrogens (tertiary/aromatic N) is 1. The fraction of sp³-hybridized carbons (Fsp3) is 0.964. The molecule has 117 heavy (non-hydrogen) atoms. The second-order valence-corrected chi connectivity index (χ2v) is 42.5. The van der Waals surface area contributed by atoms with Crippen LogP contribution < -0.4 is 5.09 Å². The van der Waals surface area contributed by atoms with Gasteiger partial charge in [-0.15, -0.1) is 0 Å². The fourth-order valence-corrected chi connectivity index (χ4v) is 16.9. The number of aliphatic hydroxyl groups is 16. The van der Waals surface area contributed by atoms with Crippen LogP contribution in [0.1, 0.15) is 61.8 Å². The third kappa shape index (κ3) is 41.3. The Morgan fingerprint density at radius 1 is 0.453 bits per heavy atom. The average Bonchev–Trinajstić information content (AvgIpc) is 1.60. The number of likely N-dealkylation sites (N-methyl/N-ethyl adjacent to an activating group) is 1. The van der Waals surface area contributed by atoms with Crippen molar-refractivity contribution in [3.05, 3.63) is 0 Å². The van der Waals surface area contributed by atoms with Gasteiger partial charge in [-0.2, -0.15) is 24.2 Å². The second-order valence-electron chi connectivity index (χ2n) is 27.1. The maximum absolute atomic E-state index is 11.0. The molecule has 9 saturated heterocycles. The van der Waals surface area contributed by atoms with Gasteiger partial charge in [0.2, 0.25) is 7.57 Å². The van der Waals surface area contributed by atoms with E-state index < -0.39 is 246 Å². The van der Waals surface area contributed by atoms with Gasteiger partial charge in [0.15, 0.2) is 6.49 Å². The van der Waals surface area contributed by atoms with Gasteiger partial charge < -0.3 is 187 Å². The molecule has 9 aliphatic heterocycles. The molecular formula is C55H112BN2O49P7S3. The highest BCUT2D eigenvalue weighted by atomic mass is 32.5. The van der Waals surface area contributed by atoms with Crippen LogP contribution in [0.25, 0.3) is 0 Å². The Morgan fingerprint density at radius 3 is 1.08 bits per heavy atom. The zero-order valence-electron chi connectivity index (χ0n) is 64.4. The van der Waals surface area contributed by atoms with Gasteiger partial charge in [0.25, 0.3) is 7.47 Å². The Morgan fingerprint density at radius 2 is 0.778 bits per heavy atom. The number of hydroxylamine groups is 2. The fourth-order valence-electron chi connectivity index (χ4n) is 11.9. The van der Waals surface area contributed by atoms with E-state index in [0.29, 0.717) is 0 Å². The summed E-state index contributed by atoms with van der Waals surface area (Å²) in [5.74, 6) is 0. The van der Waals surface area contributed by atoms with Gasteiger partial charge in [-0.1, -0.05) is 0 Å². The summed E-state index contributed by atoms with van der Waals surface area (Å²) in [7, 11) is -9.80. The lowest BCUT2D eigenvalue weighted by Crippen LogP contribution is -2.59. The maximum atomic E-state index is 11.0. The van der Waals surface area contributed by atoms with E-state index in [1.807, 2.05) is 12.0 Å². The van der Waals surface area contributed by atoms with Gasteiger partial charge in [0, 0.05) is 20.4 Å². The predicted molar refractivity (Wildman–Crippen MR) is 401 cm³/mol. The summed E-state index contributed by atoms with van der Waals surface area (Å²) in [5.41, 5.74) is -0.906. The first-order valence-corrected chi connectivity index (χ1v) is 49.9. The smallest absolute Gasteiger partial charge is 0.394 e. The molecule has 9 fully saturated rings. The molecule has 2 bridgehead atoms. The van der Waals surface area contributed by atoms with Gasteiger partial charge in [0.05, 0.1) is 132 Å². The number of carbonyl (C=O) groups excluding carboxylic acids is 4. The normalized spacial score (nSPS) is 39.7. The first-order valence-electron chi connectivity index (χ1n) is 34.5. The minimum Gasteiger partial charge on any atom is -0.394 e. The predicted octanol–water partition coefficient (Wildman–Crippen LogP) is -10.2. The van der Waals surface area contributed by atoms with Gasteiger partial charge in [-0.05, 0) is 97.2 Å². The topological polar surface area (TPSA) is 827 Å². The zero-order chi connectivity index (χ0) is 91.6. The van der Waals surface area contributed by atoms with E-state index in [1.165, 1.54) is 6.66 Å². The summed E-state index contributed by atoms with van der Waals surface area (Å²) in [6.45, 7) is 3.03. The van der Waals surface area contributed by atoms with E-state index in [0.717, 1.165) is 6.66 Å². The van der Waals surface area contributed by atoms with E-state index in [2.05, 4.69) is 37.2 Å². The molecule has 0 amide bonds. The van der Waals surface area contributed by atoms with Gasteiger partial charge >= 0.3 is 48.7 Å². The Balaban J connectivity index is 0.00000130. The molecule has 9 aliphatic rings. The summed E-state index contributed by atoms with van der Waals surface area (Å²) >= 11 is 13.2. The molecule has 0 aliphatic carbocycles. The Bertz CT molecular complexity index is 2950. The van der Waals surface area contributed by atoms with E-state index >= 15 is 0 Å². The van der Waals surface area contributed by atoms with E-state index in [4.69, 9.17) is 170 Å². The minimum atomic E-state index is -4.43. The average molecular weight is 1910 g/mol. The molecule has 0 spiro atoms. The van der Waals surface area contributed by atoms with E-state index in [1.54, 1.807) is 60.6 Å². The van der Waals surface area contributed by atoms with Crippen LogP contribution in [0.3, 0.4) is 0 Å². The van der Waals surface area contributed by atoms with Crippen LogP contribution in [0.4, 0.5) is 0 Å². The highest BCUT2D eigenvalue weighted by Gasteiger charge is 2.59. The molecule has 51 nitrogen and oxygen atoms in total. The number of hydrogen-bond acceptors (Lipinski definition) is 42. The van der Waals surface area contributed by atoms with Gasteiger partial charge in [-0.25, -0.2) is 9.65 Å². The van der Waals surface area contributed by atoms with Crippen molar-refractivity contribution in [2.45, 2.75) is 257 Å². The lowest BCUT2D eigenvalue weighted by atomic mass is 9.93. The van der Waals surface area contributed by atoms with Crippen LogP contribution in [0.2, 0.25) is 0 Å². The van der Waals surface area contributed by atoms with Crippen molar-refractivity contribution in [2.24, 2.45) is 0 Å². The maximum Gasteiger partial charge on any atom is 0.400 e. The molecule has 0 saturated carbocycles. The van der Waals surface area contributed by atoms with Crippen molar-refractivity contribution in [3.63, 3.8) is 0 Å². The molecule has 11 unspecified atom stereocenters. The lowest BCUT2D eigenvalue weighted by Gasteiger charge is -2.38. The zero-order valence-corrected chi connectivity index (χ0v) is 73.1. The largest absolute Gasteiger partial charge is 0.400 e. The molecule has 692 valence electrons. The van der Waals surface area contributed by atoms with Crippen molar-refractivity contribution in [1.82, 2.24) is 10.2 Å². The molecule has 28 N–H and O–H groups in total. The van der Waals surface area contributed by atoms with Crippen LogP contribution in [0, 0.1) is 0 Å². The SMILES string of the molecule is C[C@@H]1O[C@@]2(CO)CON(C)[C@H]1C2O.C[C@@H]1O[C@H](CCP(=O)(O)O)C(O)[C@@H]1O.C[C@@H]1O[C@H](CO)C(NP(=O)(O)O)[C@@H]1O.C[C@@H]1O[C@H](CO)C(OP(C)(=O)O)[C@@H]1O.C[C@@H]1O[C@H](CO)C(OP(C)(O)=S)[C@@H]1O.C[C@@H]1O[C@H](CO)C(OP(O)(O)=S)[C@@H]1O.C[C@@H]1O[C@H](COP(O)(O)=S)C(O)[C@@H]1O.O=C=O.O=C=O.[B]P(=O)(O)OC1[C@@H](CO)O[C@@H](C)[C@H]1O. The highest BCUT2D eigenvalue weighted by Crippen LogP contribution is 2.47. The lowest BCUT2D eigenvalue weighted by molar-refractivity contribution is -0.255. The molecule has 9 heterocycles. The van der Waals surface area contributed by atoms with E-state index in [-0.39, 0.29) is 76.7 Å². The summed E-state index contributed by atoms with van der Waals surface area (Å²) < 4.78 is 108. The van der Waals surface area contributed by atoms with Gasteiger partial charge in [-0.3, -0.25) is 27.6 Å². The summed E-state index contributed by atoms with van der Waals surface area (Å²) in [6.07, 6.45) is -22.2. The molecular weight excluding hydrogens is 1800 g/mol. The molecule has 62 heteroatoms. The molecule has 0 aromatic rings. The molecule has 35 atom stereocenters. The first kappa shape index (κ1) is 117. The number of rotatable bonds is 22. The van der Waals surface area contributed by atoms with Crippen LogP contribution >= 0.6 is 50.3 Å². The van der Waals surface area contributed by atoms with Crippen molar-refractivity contribution >= 4 is 106 Å². The Kier molecular flexibility index (Phi) is 52.4. The highest BCUT2D eigenvalue weighted by molar-refractivity contribution is 8.09.